The molecular weight excluding hydrogens is 272 g/mol. The normalized spacial score (nSPS) is 17.1. The highest BCUT2D eigenvalue weighted by atomic mass is 19.1. The molecule has 1 aliphatic carbocycles. The third-order valence-corrected chi connectivity index (χ3v) is 3.85. The lowest BCUT2D eigenvalue weighted by molar-refractivity contribution is 0.0928. The van der Waals surface area contributed by atoms with Crippen molar-refractivity contribution in [3.63, 3.8) is 0 Å². The zero-order valence-corrected chi connectivity index (χ0v) is 11.4. The van der Waals surface area contributed by atoms with E-state index in [1.807, 2.05) is 24.3 Å². The van der Waals surface area contributed by atoms with Gasteiger partial charge in [0, 0.05) is 0 Å². The highest BCUT2D eigenvalue weighted by Gasteiger charge is 2.23. The van der Waals surface area contributed by atoms with Gasteiger partial charge in [0.15, 0.2) is 0 Å². The van der Waals surface area contributed by atoms with Crippen LogP contribution in [0.15, 0.2) is 42.5 Å². The van der Waals surface area contributed by atoms with Crippen LogP contribution in [0, 0.1) is 11.6 Å². The minimum Gasteiger partial charge on any atom is -0.345 e. The summed E-state index contributed by atoms with van der Waals surface area (Å²) >= 11 is 0. The Labute approximate surface area is 121 Å². The molecule has 2 nitrogen and oxygen atoms in total. The number of aryl methyl sites for hydroxylation is 1. The molecule has 1 unspecified atom stereocenters. The molecule has 0 bridgehead atoms. The molecule has 4 heteroatoms. The van der Waals surface area contributed by atoms with Crippen LogP contribution < -0.4 is 5.32 Å². The first-order valence-electron chi connectivity index (χ1n) is 6.99. The number of halogens is 2. The first kappa shape index (κ1) is 13.7. The molecule has 0 heterocycles. The van der Waals surface area contributed by atoms with E-state index in [1.165, 1.54) is 5.56 Å². The molecule has 0 spiro atoms. The summed E-state index contributed by atoms with van der Waals surface area (Å²) in [4.78, 5) is 12.2. The van der Waals surface area contributed by atoms with E-state index in [-0.39, 0.29) is 11.6 Å². The Morgan fingerprint density at radius 2 is 1.95 bits per heavy atom. The number of carbonyl (C=O) groups excluding carboxylic acids is 1. The molecule has 0 saturated carbocycles. The fourth-order valence-electron chi connectivity index (χ4n) is 2.81. The number of carbonyl (C=O) groups is 1. The molecule has 0 aromatic heterocycles. The molecule has 0 fully saturated rings. The maximum Gasteiger partial charge on any atom is 0.254 e. The third kappa shape index (κ3) is 2.79. The Bertz CT molecular complexity index is 684. The van der Waals surface area contributed by atoms with Crippen molar-refractivity contribution in [1.82, 2.24) is 5.32 Å². The maximum absolute atomic E-state index is 13.6. The van der Waals surface area contributed by atoms with E-state index in [0.29, 0.717) is 0 Å². The second-order valence-corrected chi connectivity index (χ2v) is 5.24. The van der Waals surface area contributed by atoms with Crippen LogP contribution in [0.2, 0.25) is 0 Å². The minimum atomic E-state index is -0.710. The van der Waals surface area contributed by atoms with Gasteiger partial charge in [0.25, 0.3) is 5.91 Å². The topological polar surface area (TPSA) is 29.1 Å². The van der Waals surface area contributed by atoms with Crippen molar-refractivity contribution in [2.24, 2.45) is 0 Å². The summed E-state index contributed by atoms with van der Waals surface area (Å²) in [5.74, 6) is -1.91. The zero-order valence-electron chi connectivity index (χ0n) is 11.4. The number of hydrogen-bond donors (Lipinski definition) is 1. The number of nitrogens with one attached hydrogen (secondary N) is 1. The molecule has 108 valence electrons. The van der Waals surface area contributed by atoms with Crippen molar-refractivity contribution in [3.05, 3.63) is 70.8 Å². The van der Waals surface area contributed by atoms with Crippen molar-refractivity contribution in [2.45, 2.75) is 25.3 Å². The standard InChI is InChI=1S/C17H15F2NO/c18-12-8-9-15(19)14(10-12)17(21)20-16-7-3-5-11-4-1-2-6-13(11)16/h1-2,4,6,8-10,16H,3,5,7H2,(H,20,21). The van der Waals surface area contributed by atoms with Crippen molar-refractivity contribution in [1.29, 1.82) is 0 Å². The summed E-state index contributed by atoms with van der Waals surface area (Å²) in [5, 5.41) is 2.81. The lowest BCUT2D eigenvalue weighted by Gasteiger charge is -2.26. The molecule has 21 heavy (non-hydrogen) atoms. The lowest BCUT2D eigenvalue weighted by atomic mass is 9.87. The van der Waals surface area contributed by atoms with Gasteiger partial charge in [0.1, 0.15) is 11.6 Å². The molecule has 2 aromatic carbocycles. The monoisotopic (exact) mass is 287 g/mol. The van der Waals surface area contributed by atoms with Crippen LogP contribution in [0.4, 0.5) is 8.78 Å². The highest BCUT2D eigenvalue weighted by molar-refractivity contribution is 5.94. The van der Waals surface area contributed by atoms with Crippen molar-refractivity contribution >= 4 is 5.91 Å². The Kier molecular flexibility index (Phi) is 3.69. The van der Waals surface area contributed by atoms with Crippen molar-refractivity contribution in [3.8, 4) is 0 Å². The number of rotatable bonds is 2. The average Bonchev–Trinajstić information content (AvgIpc) is 2.50. The van der Waals surface area contributed by atoms with Crippen LogP contribution in [0.1, 0.15) is 40.4 Å². The first-order chi connectivity index (χ1) is 10.1. The summed E-state index contributed by atoms with van der Waals surface area (Å²) in [7, 11) is 0. The van der Waals surface area contributed by atoms with Gasteiger partial charge >= 0.3 is 0 Å². The fraction of sp³-hybridized carbons (Fsp3) is 0.235. The summed E-state index contributed by atoms with van der Waals surface area (Å²) in [6, 6.07) is 10.7. The predicted molar refractivity (Wildman–Crippen MR) is 75.9 cm³/mol. The molecular formula is C17H15F2NO. The molecule has 3 rings (SSSR count). The van der Waals surface area contributed by atoms with E-state index >= 15 is 0 Å². The molecule has 0 aliphatic heterocycles. The summed E-state index contributed by atoms with van der Waals surface area (Å²) in [6.07, 6.45) is 2.75. The van der Waals surface area contributed by atoms with Gasteiger partial charge in [0.05, 0.1) is 11.6 Å². The molecule has 1 aliphatic rings. The van der Waals surface area contributed by atoms with Gasteiger partial charge in [0.2, 0.25) is 0 Å². The van der Waals surface area contributed by atoms with Gasteiger partial charge in [-0.2, -0.15) is 0 Å². The Morgan fingerprint density at radius 3 is 2.81 bits per heavy atom. The second kappa shape index (κ2) is 5.64. The van der Waals surface area contributed by atoms with Crippen LogP contribution in [-0.4, -0.2) is 5.91 Å². The predicted octanol–water partition coefficient (Wildman–Crippen LogP) is 3.77. The molecule has 1 amide bonds. The van der Waals surface area contributed by atoms with Crippen LogP contribution in [0.3, 0.4) is 0 Å². The minimum absolute atomic E-state index is 0.148. The van der Waals surface area contributed by atoms with Crippen LogP contribution >= 0.6 is 0 Å². The largest absolute Gasteiger partial charge is 0.345 e. The van der Waals surface area contributed by atoms with Crippen molar-refractivity contribution < 1.29 is 13.6 Å². The second-order valence-electron chi connectivity index (χ2n) is 5.24. The van der Waals surface area contributed by atoms with Gasteiger partial charge in [-0.1, -0.05) is 24.3 Å². The zero-order chi connectivity index (χ0) is 14.8. The van der Waals surface area contributed by atoms with Crippen LogP contribution in [0.25, 0.3) is 0 Å². The van der Waals surface area contributed by atoms with E-state index in [4.69, 9.17) is 0 Å². The van der Waals surface area contributed by atoms with Gasteiger partial charge in [-0.3, -0.25) is 4.79 Å². The molecule has 1 atom stereocenters. The van der Waals surface area contributed by atoms with E-state index < -0.39 is 17.5 Å². The molecule has 2 aromatic rings. The quantitative estimate of drug-likeness (QED) is 0.895. The van der Waals surface area contributed by atoms with Gasteiger partial charge in [-0.05, 0) is 48.6 Å². The summed E-state index contributed by atoms with van der Waals surface area (Å²) < 4.78 is 26.8. The van der Waals surface area contributed by atoms with E-state index in [1.54, 1.807) is 0 Å². The maximum atomic E-state index is 13.6. The van der Waals surface area contributed by atoms with Gasteiger partial charge in [-0.15, -0.1) is 0 Å². The highest BCUT2D eigenvalue weighted by Crippen LogP contribution is 2.29. The average molecular weight is 287 g/mol. The first-order valence-corrected chi connectivity index (χ1v) is 6.99. The van der Waals surface area contributed by atoms with Crippen molar-refractivity contribution in [2.75, 3.05) is 0 Å². The number of amides is 1. The van der Waals surface area contributed by atoms with E-state index in [0.717, 1.165) is 43.0 Å². The van der Waals surface area contributed by atoms with Crippen LogP contribution in [0.5, 0.6) is 0 Å². The third-order valence-electron chi connectivity index (χ3n) is 3.85. The number of hydrogen-bond acceptors (Lipinski definition) is 1. The fourth-order valence-corrected chi connectivity index (χ4v) is 2.81. The van der Waals surface area contributed by atoms with E-state index in [2.05, 4.69) is 5.32 Å². The van der Waals surface area contributed by atoms with Crippen LogP contribution in [-0.2, 0) is 6.42 Å². The number of benzene rings is 2. The summed E-state index contributed by atoms with van der Waals surface area (Å²) in [6.45, 7) is 0. The SMILES string of the molecule is O=C(NC1CCCc2ccccc21)c1cc(F)ccc1F. The Balaban J connectivity index is 1.84. The Morgan fingerprint density at radius 1 is 1.14 bits per heavy atom. The molecule has 1 N–H and O–H groups in total. The Hall–Kier alpha value is -2.23. The number of fused-ring (bicyclic) bond motifs is 1. The summed E-state index contributed by atoms with van der Waals surface area (Å²) in [5.41, 5.74) is 2.01. The van der Waals surface area contributed by atoms with Gasteiger partial charge < -0.3 is 5.32 Å². The smallest absolute Gasteiger partial charge is 0.254 e. The van der Waals surface area contributed by atoms with E-state index in [9.17, 15) is 13.6 Å². The molecule has 0 saturated heterocycles. The lowest BCUT2D eigenvalue weighted by Crippen LogP contribution is -2.31. The molecule has 0 radical (unpaired) electrons. The van der Waals surface area contributed by atoms with Gasteiger partial charge in [-0.25, -0.2) is 8.78 Å².